The molecule has 1 aromatic carbocycles. The summed E-state index contributed by atoms with van der Waals surface area (Å²) in [5.74, 6) is 0.0420. The molecule has 1 fully saturated rings. The van der Waals surface area contributed by atoms with Crippen LogP contribution in [0.15, 0.2) is 42.1 Å². The van der Waals surface area contributed by atoms with Crippen LogP contribution < -0.4 is 5.32 Å². The minimum atomic E-state index is -0.415. The molecule has 6 nitrogen and oxygen atoms in total. The van der Waals surface area contributed by atoms with Gasteiger partial charge < -0.3 is 15.1 Å². The molecule has 2 aromatic rings. The van der Waals surface area contributed by atoms with E-state index in [0.717, 1.165) is 28.9 Å². The summed E-state index contributed by atoms with van der Waals surface area (Å²) in [7, 11) is 1.90. The molecule has 2 atom stereocenters. The lowest BCUT2D eigenvalue weighted by Gasteiger charge is -2.36. The molecular weight excluding hydrogens is 420 g/mol. The predicted molar refractivity (Wildman–Crippen MR) is 130 cm³/mol. The first-order valence-electron chi connectivity index (χ1n) is 11.2. The van der Waals surface area contributed by atoms with Crippen molar-refractivity contribution in [2.75, 3.05) is 13.6 Å². The van der Waals surface area contributed by atoms with Crippen LogP contribution in [0, 0.1) is 12.8 Å². The van der Waals surface area contributed by atoms with E-state index in [-0.39, 0.29) is 23.8 Å². The molecule has 0 aliphatic carbocycles. The maximum atomic E-state index is 13.4. The summed E-state index contributed by atoms with van der Waals surface area (Å²) in [5, 5.41) is 3.04. The van der Waals surface area contributed by atoms with Crippen molar-refractivity contribution < 1.29 is 9.59 Å². The van der Waals surface area contributed by atoms with Crippen LogP contribution in [0.4, 0.5) is 0 Å². The van der Waals surface area contributed by atoms with Gasteiger partial charge in [-0.3, -0.25) is 9.59 Å². The lowest BCUT2D eigenvalue weighted by Crippen LogP contribution is -2.54. The van der Waals surface area contributed by atoms with Crippen LogP contribution in [0.3, 0.4) is 0 Å². The van der Waals surface area contributed by atoms with Crippen molar-refractivity contribution in [2.24, 2.45) is 5.92 Å². The highest BCUT2D eigenvalue weighted by atomic mass is 32.1. The van der Waals surface area contributed by atoms with Crippen LogP contribution >= 0.6 is 11.3 Å². The van der Waals surface area contributed by atoms with E-state index in [4.69, 9.17) is 0 Å². The lowest BCUT2D eigenvalue weighted by atomic mass is 10.0. The quantitative estimate of drug-likeness (QED) is 0.649. The predicted octanol–water partition coefficient (Wildman–Crippen LogP) is 4.22. The number of carbonyl (C=O) groups excluding carboxylic acids is 2. The Morgan fingerprint density at radius 1 is 1.31 bits per heavy atom. The third-order valence-corrected chi connectivity index (χ3v) is 7.15. The van der Waals surface area contributed by atoms with Gasteiger partial charge in [0.15, 0.2) is 0 Å². The first-order chi connectivity index (χ1) is 15.2. The van der Waals surface area contributed by atoms with E-state index < -0.39 is 6.04 Å². The highest BCUT2D eigenvalue weighted by Gasteiger charge is 2.39. The molecule has 0 radical (unpaired) electrons. The molecule has 172 valence electrons. The van der Waals surface area contributed by atoms with E-state index in [1.54, 1.807) is 16.2 Å². The van der Waals surface area contributed by atoms with Crippen molar-refractivity contribution in [3.8, 4) is 10.4 Å². The molecule has 0 saturated carbocycles. The van der Waals surface area contributed by atoms with Crippen molar-refractivity contribution in [3.63, 3.8) is 0 Å². The number of allylic oxidation sites excluding steroid dienone is 1. The van der Waals surface area contributed by atoms with E-state index in [0.29, 0.717) is 19.5 Å². The molecule has 1 aliphatic rings. The Kier molecular flexibility index (Phi) is 7.72. The lowest BCUT2D eigenvalue weighted by molar-refractivity contribution is -0.143. The van der Waals surface area contributed by atoms with Crippen LogP contribution in [0.1, 0.15) is 44.9 Å². The normalized spacial score (nSPS) is 16.8. The molecule has 1 N–H and O–H groups in total. The number of hydrogen-bond acceptors (Lipinski definition) is 5. The first kappa shape index (κ1) is 24.0. The second-order valence-corrected chi connectivity index (χ2v) is 9.76. The van der Waals surface area contributed by atoms with E-state index in [1.807, 2.05) is 57.3 Å². The monoisotopic (exact) mass is 454 g/mol. The van der Waals surface area contributed by atoms with Crippen molar-refractivity contribution >= 4 is 23.2 Å². The Bertz CT molecular complexity index is 967. The largest absolute Gasteiger partial charge is 0.367 e. The molecular formula is C25H34N4O2S. The molecule has 7 heteroatoms. The first-order valence-corrected chi connectivity index (χ1v) is 12.0. The number of benzene rings is 1. The van der Waals surface area contributed by atoms with Gasteiger partial charge in [0.2, 0.25) is 11.8 Å². The number of thiazole rings is 1. The number of nitrogens with one attached hydrogen (secondary N) is 1. The fourth-order valence-electron chi connectivity index (χ4n) is 4.27. The van der Waals surface area contributed by atoms with Crippen LogP contribution in [0.2, 0.25) is 0 Å². The van der Waals surface area contributed by atoms with Crippen molar-refractivity contribution in [1.29, 1.82) is 0 Å². The number of rotatable bonds is 8. The zero-order valence-electron chi connectivity index (χ0n) is 19.7. The topological polar surface area (TPSA) is 65.5 Å². The van der Waals surface area contributed by atoms with Crippen LogP contribution in [0.5, 0.6) is 0 Å². The van der Waals surface area contributed by atoms with Gasteiger partial charge in [-0.2, -0.15) is 0 Å². The molecule has 1 saturated heterocycles. The molecule has 1 aliphatic heterocycles. The molecule has 3 rings (SSSR count). The number of likely N-dealkylation sites (N-methyl/N-ethyl adjacent to an activating group) is 1. The summed E-state index contributed by atoms with van der Waals surface area (Å²) in [4.78, 5) is 35.5. The van der Waals surface area contributed by atoms with Crippen molar-refractivity contribution in [1.82, 2.24) is 20.1 Å². The summed E-state index contributed by atoms with van der Waals surface area (Å²) < 4.78 is 0. The maximum Gasteiger partial charge on any atom is 0.246 e. The van der Waals surface area contributed by atoms with Crippen molar-refractivity contribution in [3.05, 3.63) is 53.3 Å². The molecule has 0 bridgehead atoms. The van der Waals surface area contributed by atoms with Gasteiger partial charge in [0, 0.05) is 25.8 Å². The Morgan fingerprint density at radius 2 is 2.00 bits per heavy atom. The molecule has 1 aromatic heterocycles. The third kappa shape index (κ3) is 5.21. The highest BCUT2D eigenvalue weighted by Crippen LogP contribution is 2.27. The standard InChI is InChI=1S/C25H34N4O2S/c1-16(2)22(28(6)17(3)4)25(31)29-13-7-8-21(29)24(30)26-14-19-9-11-20(12-10-19)23-18(5)27-15-32-23/h9-12,15-16,21-22H,3,7-8,13-14H2,1-2,4-6H3,(H,26,30). The Morgan fingerprint density at radius 3 is 2.56 bits per heavy atom. The second kappa shape index (κ2) is 10.3. The number of amides is 2. The van der Waals surface area contributed by atoms with Gasteiger partial charge in [0.1, 0.15) is 12.1 Å². The second-order valence-electron chi connectivity index (χ2n) is 8.91. The average molecular weight is 455 g/mol. The van der Waals surface area contributed by atoms with E-state index in [2.05, 4.69) is 29.0 Å². The van der Waals surface area contributed by atoms with Gasteiger partial charge in [-0.1, -0.05) is 44.7 Å². The van der Waals surface area contributed by atoms with Gasteiger partial charge in [-0.25, -0.2) is 4.98 Å². The summed E-state index contributed by atoms with van der Waals surface area (Å²) in [6.07, 6.45) is 1.54. The van der Waals surface area contributed by atoms with Crippen molar-refractivity contribution in [2.45, 2.75) is 59.2 Å². The Balaban J connectivity index is 1.63. The maximum absolute atomic E-state index is 13.4. The fraction of sp³-hybridized carbons (Fsp3) is 0.480. The SMILES string of the molecule is C=C(C)N(C)C(C(=O)N1CCCC1C(=O)NCc1ccc(-c2scnc2C)cc1)C(C)C. The minimum absolute atomic E-state index is 0.00688. The average Bonchev–Trinajstić information content (AvgIpc) is 3.41. The smallest absolute Gasteiger partial charge is 0.246 e. The van der Waals surface area contributed by atoms with Gasteiger partial charge in [-0.05, 0) is 43.7 Å². The fourth-order valence-corrected chi connectivity index (χ4v) is 5.08. The number of likely N-dealkylation sites (tertiary alicyclic amines) is 1. The summed E-state index contributed by atoms with van der Waals surface area (Å²) in [5.41, 5.74) is 5.88. The molecule has 32 heavy (non-hydrogen) atoms. The Labute approximate surface area is 195 Å². The number of aryl methyl sites for hydroxylation is 1. The summed E-state index contributed by atoms with van der Waals surface area (Å²) >= 11 is 1.63. The minimum Gasteiger partial charge on any atom is -0.367 e. The molecule has 2 amide bonds. The molecule has 2 heterocycles. The van der Waals surface area contributed by atoms with Gasteiger partial charge >= 0.3 is 0 Å². The number of carbonyl (C=O) groups is 2. The number of hydrogen-bond donors (Lipinski definition) is 1. The summed E-state index contributed by atoms with van der Waals surface area (Å²) in [6, 6.07) is 7.46. The number of aromatic nitrogens is 1. The van der Waals surface area contributed by atoms with Gasteiger partial charge in [0.25, 0.3) is 0 Å². The zero-order chi connectivity index (χ0) is 23.4. The van der Waals surface area contributed by atoms with Gasteiger partial charge in [-0.15, -0.1) is 11.3 Å². The van der Waals surface area contributed by atoms with E-state index in [1.165, 1.54) is 4.88 Å². The summed E-state index contributed by atoms with van der Waals surface area (Å²) in [6.45, 7) is 13.0. The Hall–Kier alpha value is -2.67. The highest BCUT2D eigenvalue weighted by molar-refractivity contribution is 7.13. The van der Waals surface area contributed by atoms with Crippen LogP contribution in [-0.2, 0) is 16.1 Å². The van der Waals surface area contributed by atoms with Crippen LogP contribution in [0.25, 0.3) is 10.4 Å². The third-order valence-electron chi connectivity index (χ3n) is 6.17. The number of nitrogens with zero attached hydrogens (tertiary/aromatic N) is 3. The molecule has 2 unspecified atom stereocenters. The zero-order valence-corrected chi connectivity index (χ0v) is 20.5. The van der Waals surface area contributed by atoms with Crippen LogP contribution in [-0.4, -0.2) is 52.3 Å². The van der Waals surface area contributed by atoms with E-state index >= 15 is 0 Å². The van der Waals surface area contributed by atoms with Gasteiger partial charge in [0.05, 0.1) is 16.1 Å². The molecule has 0 spiro atoms. The van der Waals surface area contributed by atoms with E-state index in [9.17, 15) is 9.59 Å².